The van der Waals surface area contributed by atoms with E-state index in [1.54, 1.807) is 6.92 Å². The van der Waals surface area contributed by atoms with Crippen molar-refractivity contribution in [2.24, 2.45) is 5.73 Å². The molecule has 0 radical (unpaired) electrons. The molecular formula is C10H17N3O4. The molecule has 0 saturated carbocycles. The van der Waals surface area contributed by atoms with Gasteiger partial charge in [-0.2, -0.15) is 0 Å². The number of primary amides is 1. The summed E-state index contributed by atoms with van der Waals surface area (Å²) in [7, 11) is 0. The number of amides is 3. The van der Waals surface area contributed by atoms with Crippen LogP contribution in [0.5, 0.6) is 0 Å². The summed E-state index contributed by atoms with van der Waals surface area (Å²) in [6, 6.07) is -1.62. The minimum atomic E-state index is -1.000. The van der Waals surface area contributed by atoms with Crippen molar-refractivity contribution < 1.29 is 19.5 Å². The summed E-state index contributed by atoms with van der Waals surface area (Å²) in [4.78, 5) is 34.6. The maximum absolute atomic E-state index is 11.8. The summed E-state index contributed by atoms with van der Waals surface area (Å²) >= 11 is 0. The third-order valence-electron chi connectivity index (χ3n) is 2.68. The number of urea groups is 1. The van der Waals surface area contributed by atoms with Crippen molar-refractivity contribution >= 4 is 17.9 Å². The van der Waals surface area contributed by atoms with E-state index >= 15 is 0 Å². The highest BCUT2D eigenvalue weighted by Gasteiger charge is 2.34. The third-order valence-corrected chi connectivity index (χ3v) is 2.68. The summed E-state index contributed by atoms with van der Waals surface area (Å²) in [5.41, 5.74) is 5.00. The number of likely N-dealkylation sites (tertiary alicyclic amines) is 1. The Morgan fingerprint density at radius 2 is 2.18 bits per heavy atom. The molecule has 1 aliphatic heterocycles. The van der Waals surface area contributed by atoms with E-state index in [9.17, 15) is 14.4 Å². The van der Waals surface area contributed by atoms with Gasteiger partial charge in [-0.25, -0.2) is 9.59 Å². The monoisotopic (exact) mass is 243 g/mol. The predicted molar refractivity (Wildman–Crippen MR) is 59.2 cm³/mol. The van der Waals surface area contributed by atoms with Gasteiger partial charge in [0.25, 0.3) is 0 Å². The van der Waals surface area contributed by atoms with Crippen molar-refractivity contribution in [3.05, 3.63) is 0 Å². The second-order valence-electron chi connectivity index (χ2n) is 4.21. The number of carboxylic acids is 1. The molecule has 0 aromatic heterocycles. The fourth-order valence-electron chi connectivity index (χ4n) is 1.91. The first-order valence-corrected chi connectivity index (χ1v) is 5.50. The van der Waals surface area contributed by atoms with Gasteiger partial charge in [-0.05, 0) is 19.8 Å². The van der Waals surface area contributed by atoms with Crippen molar-refractivity contribution in [2.45, 2.75) is 38.3 Å². The number of hydrogen-bond acceptors (Lipinski definition) is 3. The van der Waals surface area contributed by atoms with Crippen LogP contribution < -0.4 is 11.1 Å². The zero-order valence-corrected chi connectivity index (χ0v) is 9.68. The number of carboxylic acid groups (broad SMARTS) is 1. The van der Waals surface area contributed by atoms with E-state index in [4.69, 9.17) is 10.8 Å². The van der Waals surface area contributed by atoms with Gasteiger partial charge in [-0.15, -0.1) is 0 Å². The Kier molecular flexibility index (Phi) is 4.30. The molecule has 17 heavy (non-hydrogen) atoms. The molecule has 1 fully saturated rings. The first-order chi connectivity index (χ1) is 7.91. The number of hydrogen-bond donors (Lipinski definition) is 3. The Balaban J connectivity index is 2.52. The number of aliphatic carboxylic acids is 1. The minimum Gasteiger partial charge on any atom is -0.480 e. The fraction of sp³-hybridized carbons (Fsp3) is 0.700. The Hall–Kier alpha value is -1.79. The van der Waals surface area contributed by atoms with Crippen molar-refractivity contribution in [3.63, 3.8) is 0 Å². The molecule has 0 aromatic rings. The lowest BCUT2D eigenvalue weighted by atomic mass is 10.2. The van der Waals surface area contributed by atoms with Gasteiger partial charge >= 0.3 is 12.0 Å². The molecule has 7 heteroatoms. The van der Waals surface area contributed by atoms with Crippen molar-refractivity contribution in [1.29, 1.82) is 0 Å². The SMILES string of the molecule is CC(CC(N)=O)NC(=O)N1CCCC1C(=O)O. The Labute approximate surface area is 98.9 Å². The molecule has 0 spiro atoms. The smallest absolute Gasteiger partial charge is 0.326 e. The lowest BCUT2D eigenvalue weighted by Crippen LogP contribution is -2.49. The first kappa shape index (κ1) is 13.3. The van der Waals surface area contributed by atoms with Crippen LogP contribution in [0.1, 0.15) is 26.2 Å². The summed E-state index contributed by atoms with van der Waals surface area (Å²) in [5.74, 6) is -1.51. The number of nitrogens with two attached hydrogens (primary N) is 1. The van der Waals surface area contributed by atoms with Gasteiger partial charge in [-0.3, -0.25) is 4.79 Å². The molecule has 96 valence electrons. The molecule has 7 nitrogen and oxygen atoms in total. The van der Waals surface area contributed by atoms with Gasteiger partial charge in [0.15, 0.2) is 0 Å². The van der Waals surface area contributed by atoms with Crippen LogP contribution in [0.3, 0.4) is 0 Å². The fourth-order valence-corrected chi connectivity index (χ4v) is 1.91. The van der Waals surface area contributed by atoms with E-state index in [0.29, 0.717) is 19.4 Å². The van der Waals surface area contributed by atoms with Crippen LogP contribution in [-0.4, -0.2) is 46.5 Å². The zero-order valence-electron chi connectivity index (χ0n) is 9.68. The van der Waals surface area contributed by atoms with E-state index < -0.39 is 30.0 Å². The zero-order chi connectivity index (χ0) is 13.0. The van der Waals surface area contributed by atoms with Gasteiger partial charge in [0.2, 0.25) is 5.91 Å². The van der Waals surface area contributed by atoms with Crippen LogP contribution in [0, 0.1) is 0 Å². The summed E-state index contributed by atoms with van der Waals surface area (Å²) in [6.45, 7) is 2.07. The normalized spacial score (nSPS) is 21.0. The molecule has 4 N–H and O–H groups in total. The maximum Gasteiger partial charge on any atom is 0.326 e. The highest BCUT2D eigenvalue weighted by molar-refractivity contribution is 5.84. The third kappa shape index (κ3) is 3.61. The van der Waals surface area contributed by atoms with Crippen LogP contribution >= 0.6 is 0 Å². The summed E-state index contributed by atoms with van der Waals surface area (Å²) in [5, 5.41) is 11.5. The van der Waals surface area contributed by atoms with Gasteiger partial charge in [0.05, 0.1) is 0 Å². The predicted octanol–water partition coefficient (Wildman–Crippen LogP) is -0.491. The number of carbonyl (C=O) groups is 3. The summed E-state index contributed by atoms with van der Waals surface area (Å²) in [6.07, 6.45) is 1.18. The molecular weight excluding hydrogens is 226 g/mol. The number of nitrogens with one attached hydrogen (secondary N) is 1. The average Bonchev–Trinajstić information content (AvgIpc) is 2.63. The number of nitrogens with zero attached hydrogens (tertiary/aromatic N) is 1. The summed E-state index contributed by atoms with van der Waals surface area (Å²) < 4.78 is 0. The van der Waals surface area contributed by atoms with Gasteiger partial charge in [0.1, 0.15) is 6.04 Å². The Morgan fingerprint density at radius 3 is 2.71 bits per heavy atom. The van der Waals surface area contributed by atoms with Crippen LogP contribution in [0.2, 0.25) is 0 Å². The van der Waals surface area contributed by atoms with Crippen molar-refractivity contribution in [2.75, 3.05) is 6.54 Å². The Bertz CT molecular complexity index is 332. The molecule has 2 atom stereocenters. The van der Waals surface area contributed by atoms with E-state index in [1.807, 2.05) is 0 Å². The maximum atomic E-state index is 11.8. The highest BCUT2D eigenvalue weighted by Crippen LogP contribution is 2.17. The van der Waals surface area contributed by atoms with Crippen molar-refractivity contribution in [3.8, 4) is 0 Å². The van der Waals surface area contributed by atoms with Crippen LogP contribution in [-0.2, 0) is 9.59 Å². The molecule has 0 aliphatic carbocycles. The standard InChI is InChI=1S/C10H17N3O4/c1-6(5-8(11)14)12-10(17)13-4-2-3-7(13)9(15)16/h6-7H,2-5H2,1H3,(H2,11,14)(H,12,17)(H,15,16). The molecule has 3 amide bonds. The van der Waals surface area contributed by atoms with Crippen LogP contribution in [0.4, 0.5) is 4.79 Å². The second kappa shape index (κ2) is 5.51. The molecule has 0 bridgehead atoms. The number of rotatable bonds is 4. The quantitative estimate of drug-likeness (QED) is 0.618. The van der Waals surface area contributed by atoms with Crippen LogP contribution in [0.25, 0.3) is 0 Å². The molecule has 1 rings (SSSR count). The van der Waals surface area contributed by atoms with Crippen LogP contribution in [0.15, 0.2) is 0 Å². The first-order valence-electron chi connectivity index (χ1n) is 5.50. The van der Waals surface area contributed by atoms with E-state index in [0.717, 1.165) is 0 Å². The van der Waals surface area contributed by atoms with E-state index in [1.165, 1.54) is 4.90 Å². The highest BCUT2D eigenvalue weighted by atomic mass is 16.4. The van der Waals surface area contributed by atoms with Crippen molar-refractivity contribution in [1.82, 2.24) is 10.2 Å². The average molecular weight is 243 g/mol. The number of carbonyl (C=O) groups excluding carboxylic acids is 2. The second-order valence-corrected chi connectivity index (χ2v) is 4.21. The molecule has 1 aliphatic rings. The minimum absolute atomic E-state index is 0.0390. The van der Waals surface area contributed by atoms with E-state index in [-0.39, 0.29) is 6.42 Å². The van der Waals surface area contributed by atoms with Gasteiger partial charge < -0.3 is 21.1 Å². The topological polar surface area (TPSA) is 113 Å². The van der Waals surface area contributed by atoms with Gasteiger partial charge in [-0.1, -0.05) is 0 Å². The lowest BCUT2D eigenvalue weighted by Gasteiger charge is -2.23. The van der Waals surface area contributed by atoms with Gasteiger partial charge in [0, 0.05) is 19.0 Å². The lowest BCUT2D eigenvalue weighted by molar-refractivity contribution is -0.141. The molecule has 0 aromatic carbocycles. The molecule has 1 heterocycles. The molecule has 2 unspecified atom stereocenters. The Morgan fingerprint density at radius 1 is 1.53 bits per heavy atom. The largest absolute Gasteiger partial charge is 0.480 e. The van der Waals surface area contributed by atoms with E-state index in [2.05, 4.69) is 5.32 Å². The molecule has 1 saturated heterocycles.